The summed E-state index contributed by atoms with van der Waals surface area (Å²) in [6.07, 6.45) is 0.328. The predicted octanol–water partition coefficient (Wildman–Crippen LogP) is 3.16. The van der Waals surface area contributed by atoms with Crippen LogP contribution in [0.3, 0.4) is 0 Å². The molecular formula is C18H18ClNO6. The van der Waals surface area contributed by atoms with Gasteiger partial charge in [0, 0.05) is 6.54 Å². The van der Waals surface area contributed by atoms with Gasteiger partial charge in [-0.1, -0.05) is 0 Å². The first-order valence-electron chi connectivity index (χ1n) is 7.97. The van der Waals surface area contributed by atoms with Crippen molar-refractivity contribution < 1.29 is 28.6 Å². The number of hydrogen-bond acceptors (Lipinski definition) is 5. The van der Waals surface area contributed by atoms with E-state index >= 15 is 0 Å². The molecule has 1 atom stereocenters. The summed E-state index contributed by atoms with van der Waals surface area (Å²) in [5, 5.41) is 9.46. The summed E-state index contributed by atoms with van der Waals surface area (Å²) in [6, 6.07) is 5.87. The number of rotatable bonds is 5. The quantitative estimate of drug-likeness (QED) is 0.858. The second kappa shape index (κ2) is 7.29. The number of fused-ring (bicyclic) bond motifs is 1. The minimum atomic E-state index is -1.01. The highest BCUT2D eigenvalue weighted by molar-refractivity contribution is 6.29. The lowest BCUT2D eigenvalue weighted by molar-refractivity contribution is -0.138. The van der Waals surface area contributed by atoms with E-state index in [0.29, 0.717) is 24.5 Å². The van der Waals surface area contributed by atoms with Crippen LogP contribution in [0.15, 0.2) is 28.7 Å². The lowest BCUT2D eigenvalue weighted by Gasteiger charge is -2.36. The summed E-state index contributed by atoms with van der Waals surface area (Å²) in [4.78, 5) is 25.7. The van der Waals surface area contributed by atoms with Gasteiger partial charge in [0.25, 0.3) is 5.91 Å². The highest BCUT2D eigenvalue weighted by atomic mass is 35.5. The molecule has 7 nitrogen and oxygen atoms in total. The first kappa shape index (κ1) is 18.1. The van der Waals surface area contributed by atoms with Gasteiger partial charge in [-0.25, -0.2) is 0 Å². The molecule has 0 bridgehead atoms. The maximum atomic E-state index is 12.8. The van der Waals surface area contributed by atoms with E-state index in [4.69, 9.17) is 25.5 Å². The van der Waals surface area contributed by atoms with Gasteiger partial charge in [-0.3, -0.25) is 9.59 Å². The molecule has 1 aliphatic heterocycles. The topological polar surface area (TPSA) is 89.2 Å². The molecule has 1 aromatic carbocycles. The van der Waals surface area contributed by atoms with Gasteiger partial charge in [0.15, 0.2) is 22.5 Å². The lowest BCUT2D eigenvalue weighted by atomic mass is 9.89. The summed E-state index contributed by atoms with van der Waals surface area (Å²) >= 11 is 5.76. The zero-order valence-electron chi connectivity index (χ0n) is 14.3. The SMILES string of the molecule is COc1cc2c(cc1OC)[C@H](CC(=O)O)N(C(=O)c1ccc(Cl)o1)CC2. The number of carboxylic acids is 1. The molecule has 1 aliphatic rings. The summed E-state index contributed by atoms with van der Waals surface area (Å²) in [5.74, 6) is -0.277. The van der Waals surface area contributed by atoms with Gasteiger partial charge in [0.05, 0.1) is 26.7 Å². The van der Waals surface area contributed by atoms with Gasteiger partial charge in [0.2, 0.25) is 0 Å². The third kappa shape index (κ3) is 3.35. The van der Waals surface area contributed by atoms with Crippen LogP contribution in [0.2, 0.25) is 5.22 Å². The van der Waals surface area contributed by atoms with Crippen molar-refractivity contribution in [1.82, 2.24) is 4.90 Å². The van der Waals surface area contributed by atoms with Crippen LogP contribution in [0.5, 0.6) is 11.5 Å². The van der Waals surface area contributed by atoms with E-state index in [9.17, 15) is 14.7 Å². The number of carbonyl (C=O) groups excluding carboxylic acids is 1. The van der Waals surface area contributed by atoms with Crippen LogP contribution in [0, 0.1) is 0 Å². The highest BCUT2D eigenvalue weighted by Gasteiger charge is 2.35. The number of benzene rings is 1. The van der Waals surface area contributed by atoms with Crippen molar-refractivity contribution in [3.8, 4) is 11.5 Å². The Kier molecular flexibility index (Phi) is 5.08. The fourth-order valence-corrected chi connectivity index (χ4v) is 3.37. The number of halogens is 1. The van der Waals surface area contributed by atoms with Crippen LogP contribution in [0.4, 0.5) is 0 Å². The molecule has 0 aliphatic carbocycles. The number of furan rings is 1. The minimum absolute atomic E-state index is 0.0781. The molecule has 1 N–H and O–H groups in total. The first-order chi connectivity index (χ1) is 12.4. The van der Waals surface area contributed by atoms with Crippen molar-refractivity contribution in [2.45, 2.75) is 18.9 Å². The average molecular weight is 380 g/mol. The fourth-order valence-electron chi connectivity index (χ4n) is 3.23. The lowest BCUT2D eigenvalue weighted by Crippen LogP contribution is -2.41. The Bertz CT molecular complexity index is 846. The third-order valence-electron chi connectivity index (χ3n) is 4.42. The van der Waals surface area contributed by atoms with Gasteiger partial charge in [-0.05, 0) is 53.4 Å². The Balaban J connectivity index is 2.03. The van der Waals surface area contributed by atoms with Crippen LogP contribution in [0.1, 0.15) is 34.1 Å². The van der Waals surface area contributed by atoms with Crippen molar-refractivity contribution >= 4 is 23.5 Å². The second-order valence-electron chi connectivity index (χ2n) is 5.87. The molecule has 0 spiro atoms. The van der Waals surface area contributed by atoms with Gasteiger partial charge in [0.1, 0.15) is 0 Å². The predicted molar refractivity (Wildman–Crippen MR) is 93.0 cm³/mol. The zero-order chi connectivity index (χ0) is 18.8. The Morgan fingerprint density at radius 1 is 1.27 bits per heavy atom. The molecule has 1 amide bonds. The number of methoxy groups -OCH3 is 2. The summed E-state index contributed by atoms with van der Waals surface area (Å²) in [7, 11) is 3.05. The molecule has 1 aromatic heterocycles. The van der Waals surface area contributed by atoms with Crippen molar-refractivity contribution in [3.05, 3.63) is 46.4 Å². The minimum Gasteiger partial charge on any atom is -0.493 e. The Hall–Kier alpha value is -2.67. The standard InChI is InChI=1S/C18H18ClNO6/c1-24-14-7-10-5-6-20(18(23)13-3-4-16(19)26-13)12(9-17(21)22)11(10)8-15(14)25-2/h3-4,7-8,12H,5-6,9H2,1-2H3,(H,21,22)/t12-/m0/s1. The van der Waals surface area contributed by atoms with Crippen molar-refractivity contribution in [2.75, 3.05) is 20.8 Å². The number of ether oxygens (including phenoxy) is 2. The van der Waals surface area contributed by atoms with E-state index in [2.05, 4.69) is 0 Å². The summed E-state index contributed by atoms with van der Waals surface area (Å²) < 4.78 is 15.8. The Labute approximate surface area is 155 Å². The number of amides is 1. The monoisotopic (exact) mass is 379 g/mol. The van der Waals surface area contributed by atoms with E-state index < -0.39 is 17.9 Å². The molecule has 2 heterocycles. The van der Waals surface area contributed by atoms with Crippen LogP contribution in [0.25, 0.3) is 0 Å². The summed E-state index contributed by atoms with van der Waals surface area (Å²) in [6.45, 7) is 0.359. The van der Waals surface area contributed by atoms with Crippen LogP contribution in [-0.4, -0.2) is 42.6 Å². The average Bonchev–Trinajstić information content (AvgIpc) is 3.06. The normalized spacial score (nSPS) is 16.1. The van der Waals surface area contributed by atoms with Crippen molar-refractivity contribution in [1.29, 1.82) is 0 Å². The number of nitrogens with zero attached hydrogens (tertiary/aromatic N) is 1. The molecule has 0 unspecified atom stereocenters. The number of aliphatic carboxylic acids is 1. The Morgan fingerprint density at radius 2 is 1.96 bits per heavy atom. The van der Waals surface area contributed by atoms with Gasteiger partial charge in [-0.2, -0.15) is 0 Å². The fraction of sp³-hybridized carbons (Fsp3) is 0.333. The molecule has 138 valence electrons. The van der Waals surface area contributed by atoms with E-state index in [0.717, 1.165) is 11.1 Å². The van der Waals surface area contributed by atoms with Gasteiger partial charge < -0.3 is 23.9 Å². The summed E-state index contributed by atoms with van der Waals surface area (Å²) in [5.41, 5.74) is 1.65. The maximum absolute atomic E-state index is 12.8. The van der Waals surface area contributed by atoms with Gasteiger partial charge >= 0.3 is 5.97 Å². The van der Waals surface area contributed by atoms with Gasteiger partial charge in [-0.15, -0.1) is 0 Å². The number of carboxylic acid groups (broad SMARTS) is 1. The van der Waals surface area contributed by atoms with E-state index in [1.165, 1.54) is 31.3 Å². The second-order valence-corrected chi connectivity index (χ2v) is 6.24. The van der Waals surface area contributed by atoms with E-state index in [1.54, 1.807) is 6.07 Å². The molecule has 0 fully saturated rings. The third-order valence-corrected chi connectivity index (χ3v) is 4.62. The molecule has 0 saturated carbocycles. The van der Waals surface area contributed by atoms with E-state index in [-0.39, 0.29) is 17.4 Å². The smallest absolute Gasteiger partial charge is 0.305 e. The molecule has 3 rings (SSSR count). The zero-order valence-corrected chi connectivity index (χ0v) is 15.1. The number of carbonyl (C=O) groups is 2. The van der Waals surface area contributed by atoms with Crippen LogP contribution < -0.4 is 9.47 Å². The van der Waals surface area contributed by atoms with E-state index in [1.807, 2.05) is 6.07 Å². The Morgan fingerprint density at radius 3 is 2.54 bits per heavy atom. The highest BCUT2D eigenvalue weighted by Crippen LogP contribution is 2.40. The molecule has 8 heteroatoms. The maximum Gasteiger partial charge on any atom is 0.305 e. The molecular weight excluding hydrogens is 362 g/mol. The van der Waals surface area contributed by atoms with Crippen molar-refractivity contribution in [2.24, 2.45) is 0 Å². The van der Waals surface area contributed by atoms with Crippen LogP contribution in [-0.2, 0) is 11.2 Å². The molecule has 2 aromatic rings. The largest absolute Gasteiger partial charge is 0.493 e. The van der Waals surface area contributed by atoms with Crippen LogP contribution >= 0.6 is 11.6 Å². The first-order valence-corrected chi connectivity index (χ1v) is 8.35. The molecule has 0 radical (unpaired) electrons. The van der Waals surface area contributed by atoms with Crippen molar-refractivity contribution in [3.63, 3.8) is 0 Å². The molecule has 0 saturated heterocycles. The number of hydrogen-bond donors (Lipinski definition) is 1. The molecule has 26 heavy (non-hydrogen) atoms.